The summed E-state index contributed by atoms with van der Waals surface area (Å²) < 4.78 is 26.5. The van der Waals surface area contributed by atoms with Crippen molar-refractivity contribution in [3.8, 4) is 0 Å². The van der Waals surface area contributed by atoms with Gasteiger partial charge in [-0.1, -0.05) is 49.8 Å². The van der Waals surface area contributed by atoms with Crippen LogP contribution in [-0.4, -0.2) is 56.1 Å². The highest BCUT2D eigenvalue weighted by molar-refractivity contribution is 7.91. The van der Waals surface area contributed by atoms with Crippen LogP contribution >= 0.6 is 35.3 Å². The van der Waals surface area contributed by atoms with Crippen molar-refractivity contribution in [1.82, 2.24) is 9.88 Å². The molecule has 0 fully saturated rings. The van der Waals surface area contributed by atoms with E-state index >= 15 is 0 Å². The van der Waals surface area contributed by atoms with Crippen molar-refractivity contribution in [2.24, 2.45) is 0 Å². The first-order chi connectivity index (χ1) is 15.8. The number of halogens is 2. The summed E-state index contributed by atoms with van der Waals surface area (Å²) in [5.41, 5.74) is 2.06. The van der Waals surface area contributed by atoms with Crippen LogP contribution in [0.25, 0.3) is 10.2 Å². The molecule has 0 aliphatic heterocycles. The summed E-state index contributed by atoms with van der Waals surface area (Å²) >= 11 is 7.34. The number of thiazole rings is 1. The molecule has 0 bridgehead atoms. The van der Waals surface area contributed by atoms with Gasteiger partial charge in [0.15, 0.2) is 15.0 Å². The van der Waals surface area contributed by atoms with Gasteiger partial charge in [-0.3, -0.25) is 9.69 Å². The summed E-state index contributed by atoms with van der Waals surface area (Å²) in [7, 11) is -3.60. The van der Waals surface area contributed by atoms with Crippen LogP contribution in [0.4, 0.5) is 5.13 Å². The highest BCUT2D eigenvalue weighted by Crippen LogP contribution is 2.30. The second-order valence-corrected chi connectivity index (χ2v) is 11.3. The zero-order chi connectivity index (χ0) is 24.0. The van der Waals surface area contributed by atoms with Crippen LogP contribution in [-0.2, 0) is 21.1 Å². The van der Waals surface area contributed by atoms with Crippen molar-refractivity contribution in [2.75, 3.05) is 36.8 Å². The van der Waals surface area contributed by atoms with Gasteiger partial charge in [0.05, 0.1) is 20.9 Å². The Morgan fingerprint density at radius 1 is 1.03 bits per heavy atom. The van der Waals surface area contributed by atoms with E-state index in [0.717, 1.165) is 29.7 Å². The molecule has 0 atom stereocenters. The van der Waals surface area contributed by atoms with E-state index in [4.69, 9.17) is 16.6 Å². The van der Waals surface area contributed by atoms with E-state index in [0.29, 0.717) is 23.2 Å². The van der Waals surface area contributed by atoms with Crippen LogP contribution < -0.4 is 4.90 Å². The molecule has 1 heterocycles. The molecule has 1 amide bonds. The molecule has 2 aromatic carbocycles. The van der Waals surface area contributed by atoms with Gasteiger partial charge < -0.3 is 4.90 Å². The Labute approximate surface area is 217 Å². The van der Waals surface area contributed by atoms with Crippen LogP contribution in [0.5, 0.6) is 0 Å². The quantitative estimate of drug-likeness (QED) is 0.320. The Morgan fingerprint density at radius 2 is 1.71 bits per heavy atom. The number of benzene rings is 2. The lowest BCUT2D eigenvalue weighted by Gasteiger charge is -2.24. The third kappa shape index (κ3) is 7.15. The zero-order valence-electron chi connectivity index (χ0n) is 19.7. The average molecular weight is 545 g/mol. The van der Waals surface area contributed by atoms with Gasteiger partial charge in [0.1, 0.15) is 0 Å². The van der Waals surface area contributed by atoms with Crippen LogP contribution in [0.3, 0.4) is 0 Å². The van der Waals surface area contributed by atoms with Crippen molar-refractivity contribution in [3.05, 3.63) is 53.1 Å². The fourth-order valence-corrected chi connectivity index (χ4v) is 5.95. The van der Waals surface area contributed by atoms with Gasteiger partial charge in [-0.05, 0) is 61.5 Å². The summed E-state index contributed by atoms with van der Waals surface area (Å²) in [5, 5.41) is 1.08. The number of anilines is 1. The second kappa shape index (κ2) is 12.8. The number of hydrogen-bond donors (Lipinski definition) is 0. The number of hydrogen-bond acceptors (Lipinski definition) is 6. The van der Waals surface area contributed by atoms with Crippen molar-refractivity contribution in [1.29, 1.82) is 0 Å². The first kappa shape index (κ1) is 28.5. The molecule has 0 radical (unpaired) electrons. The highest BCUT2D eigenvalue weighted by Gasteiger charge is 2.23. The van der Waals surface area contributed by atoms with Crippen LogP contribution in [0, 0.1) is 0 Å². The van der Waals surface area contributed by atoms with Gasteiger partial charge >= 0.3 is 0 Å². The summed E-state index contributed by atoms with van der Waals surface area (Å²) in [6, 6.07) is 12.2. The number of aryl methyl sites for hydroxylation is 1. The monoisotopic (exact) mass is 543 g/mol. The first-order valence-electron chi connectivity index (χ1n) is 11.2. The molecule has 1 aromatic heterocycles. The van der Waals surface area contributed by atoms with Crippen molar-refractivity contribution in [2.45, 2.75) is 38.5 Å². The third-order valence-electron chi connectivity index (χ3n) is 5.67. The van der Waals surface area contributed by atoms with Gasteiger partial charge in [0.25, 0.3) is 0 Å². The molecule has 0 saturated heterocycles. The molecule has 0 aliphatic rings. The molecule has 0 unspecified atom stereocenters. The zero-order valence-corrected chi connectivity index (χ0v) is 22.9. The first-order valence-corrected chi connectivity index (χ1v) is 14.0. The smallest absolute Gasteiger partial charge is 0.229 e. The number of fused-ring (bicyclic) bond motifs is 1. The van der Waals surface area contributed by atoms with Gasteiger partial charge in [-0.2, -0.15) is 0 Å². The van der Waals surface area contributed by atoms with E-state index in [1.165, 1.54) is 29.0 Å². The second-order valence-electron chi connectivity index (χ2n) is 7.75. The molecule has 10 heteroatoms. The fourth-order valence-electron chi connectivity index (χ4n) is 3.52. The predicted octanol–water partition coefficient (Wildman–Crippen LogP) is 5.47. The largest absolute Gasteiger partial charge is 0.302 e. The molecule has 0 aliphatic carbocycles. The van der Waals surface area contributed by atoms with E-state index in [2.05, 4.69) is 31.7 Å². The van der Waals surface area contributed by atoms with Crippen molar-refractivity contribution < 1.29 is 13.2 Å². The Bertz CT molecular complexity index is 1190. The van der Waals surface area contributed by atoms with Crippen LogP contribution in [0.15, 0.2) is 47.4 Å². The Hall–Kier alpha value is -1.71. The maximum absolute atomic E-state index is 13.3. The number of likely N-dealkylation sites (N-methyl/N-ethyl adjacent to an activating group) is 1. The fraction of sp³-hybridized carbons (Fsp3) is 0.417. The van der Waals surface area contributed by atoms with Gasteiger partial charge in [-0.25, -0.2) is 13.4 Å². The molecule has 34 heavy (non-hydrogen) atoms. The number of carbonyl (C=O) groups is 1. The number of amides is 1. The van der Waals surface area contributed by atoms with E-state index < -0.39 is 9.84 Å². The minimum absolute atomic E-state index is 0. The summed E-state index contributed by atoms with van der Waals surface area (Å²) in [4.78, 5) is 22.0. The maximum atomic E-state index is 13.3. The molecule has 3 aromatic rings. The molecule has 186 valence electrons. The summed E-state index contributed by atoms with van der Waals surface area (Å²) in [5.74, 6) is -0.505. The van der Waals surface area contributed by atoms with E-state index in [1.807, 2.05) is 12.1 Å². The van der Waals surface area contributed by atoms with Crippen molar-refractivity contribution >= 4 is 66.4 Å². The normalized spacial score (nSPS) is 11.6. The van der Waals surface area contributed by atoms with E-state index in [-0.39, 0.29) is 35.4 Å². The molecule has 6 nitrogen and oxygen atoms in total. The van der Waals surface area contributed by atoms with Gasteiger partial charge in [0, 0.05) is 24.5 Å². The molecule has 0 saturated carbocycles. The lowest BCUT2D eigenvalue weighted by Crippen LogP contribution is -2.39. The van der Waals surface area contributed by atoms with Gasteiger partial charge in [-0.15, -0.1) is 12.4 Å². The highest BCUT2D eigenvalue weighted by atomic mass is 35.5. The van der Waals surface area contributed by atoms with E-state index in [9.17, 15) is 13.2 Å². The van der Waals surface area contributed by atoms with Gasteiger partial charge in [0.2, 0.25) is 5.91 Å². The maximum Gasteiger partial charge on any atom is 0.229 e. The third-order valence-corrected chi connectivity index (χ3v) is 8.70. The molecule has 0 spiro atoms. The minimum atomic E-state index is -3.60. The average Bonchev–Trinajstić information content (AvgIpc) is 3.23. The number of carbonyl (C=O) groups excluding carboxylic acids is 1. The predicted molar refractivity (Wildman–Crippen MR) is 145 cm³/mol. The Morgan fingerprint density at radius 3 is 2.32 bits per heavy atom. The number of nitrogens with zero attached hydrogens (tertiary/aromatic N) is 3. The number of sulfone groups is 1. The SMILES string of the molecule is CCc1ccc2nc(N(CCN(CC)CC)C(=O)CCS(=O)(=O)c3ccc(Cl)cc3)sc2c1.Cl. The molecule has 3 rings (SSSR count). The van der Waals surface area contributed by atoms with Crippen LogP contribution in [0.1, 0.15) is 32.8 Å². The van der Waals surface area contributed by atoms with Crippen LogP contribution in [0.2, 0.25) is 5.02 Å². The summed E-state index contributed by atoms with van der Waals surface area (Å²) in [6.07, 6.45) is 0.815. The number of rotatable bonds is 11. The van der Waals surface area contributed by atoms with E-state index in [1.54, 1.807) is 17.0 Å². The summed E-state index contributed by atoms with van der Waals surface area (Å²) in [6.45, 7) is 9.17. The topological polar surface area (TPSA) is 70.6 Å². The molecular formula is C24H31Cl2N3O3S2. The standard InChI is InChI=1S/C24H30ClN3O3S2.ClH/c1-4-18-7-12-21-22(17-18)32-24(26-21)28(15-14-27(5-2)6-3)23(29)13-16-33(30,31)20-10-8-19(25)9-11-20;/h7-12,17H,4-6,13-16H2,1-3H3;1H. The minimum Gasteiger partial charge on any atom is -0.302 e. The molecule has 0 N–H and O–H groups in total. The molecular weight excluding hydrogens is 513 g/mol. The lowest BCUT2D eigenvalue weighted by molar-refractivity contribution is -0.118. The number of aromatic nitrogens is 1. The van der Waals surface area contributed by atoms with Crippen molar-refractivity contribution in [3.63, 3.8) is 0 Å². The Balaban J connectivity index is 0.00000408. The Kier molecular flexibility index (Phi) is 10.8. The lowest BCUT2D eigenvalue weighted by atomic mass is 10.2.